The lowest BCUT2D eigenvalue weighted by Crippen LogP contribution is -2.18. The lowest BCUT2D eigenvalue weighted by molar-refractivity contribution is 0.0926. The molecule has 0 fully saturated rings. The number of nitrogens with one attached hydrogen (secondary N) is 1. The van der Waals surface area contributed by atoms with Crippen LogP contribution < -0.4 is 10.1 Å². The highest BCUT2D eigenvalue weighted by Gasteiger charge is 1.98. The van der Waals surface area contributed by atoms with Gasteiger partial charge in [-0.1, -0.05) is 39.8 Å². The minimum Gasteiger partial charge on any atom is -0.491 e. The smallest absolute Gasteiger partial charge is 0.119 e. The Morgan fingerprint density at radius 3 is 2.24 bits per heavy atom. The molecule has 0 aromatic heterocycles. The van der Waals surface area contributed by atoms with Gasteiger partial charge in [0.05, 0.1) is 6.61 Å². The second-order valence-electron chi connectivity index (χ2n) is 6.31. The third-order valence-corrected chi connectivity index (χ3v) is 3.14. The molecule has 1 aromatic carbocycles. The zero-order chi connectivity index (χ0) is 15.5. The zero-order valence-corrected chi connectivity index (χ0v) is 14.0. The summed E-state index contributed by atoms with van der Waals surface area (Å²) in [5, 5.41) is 3.44. The van der Waals surface area contributed by atoms with Crippen LogP contribution in [0.15, 0.2) is 24.3 Å². The first-order valence-corrected chi connectivity index (χ1v) is 8.08. The third-order valence-electron chi connectivity index (χ3n) is 3.14. The van der Waals surface area contributed by atoms with Gasteiger partial charge in [0.15, 0.2) is 0 Å². The van der Waals surface area contributed by atoms with Gasteiger partial charge in [-0.15, -0.1) is 0 Å². The Kier molecular flexibility index (Phi) is 9.11. The largest absolute Gasteiger partial charge is 0.491 e. The van der Waals surface area contributed by atoms with Gasteiger partial charge in [-0.3, -0.25) is 0 Å². The van der Waals surface area contributed by atoms with E-state index < -0.39 is 0 Å². The van der Waals surface area contributed by atoms with Gasteiger partial charge in [0, 0.05) is 13.2 Å². The lowest BCUT2D eigenvalue weighted by atomic mass is 10.1. The van der Waals surface area contributed by atoms with Crippen molar-refractivity contribution in [1.82, 2.24) is 5.32 Å². The van der Waals surface area contributed by atoms with E-state index in [1.54, 1.807) is 0 Å². The van der Waals surface area contributed by atoms with Crippen LogP contribution >= 0.6 is 0 Å². The van der Waals surface area contributed by atoms with E-state index in [0.29, 0.717) is 25.0 Å². The van der Waals surface area contributed by atoms with E-state index in [2.05, 4.69) is 45.1 Å². The van der Waals surface area contributed by atoms with Crippen LogP contribution in [-0.4, -0.2) is 26.4 Å². The molecular weight excluding hydrogens is 262 g/mol. The van der Waals surface area contributed by atoms with Crippen molar-refractivity contribution >= 4 is 0 Å². The minimum absolute atomic E-state index is 0.614. The van der Waals surface area contributed by atoms with Gasteiger partial charge < -0.3 is 14.8 Å². The molecule has 3 heteroatoms. The van der Waals surface area contributed by atoms with Gasteiger partial charge in [-0.25, -0.2) is 0 Å². The standard InChI is InChI=1S/C18H31NO2/c1-15(2)9-10-20-11-12-21-18-7-5-17(6-8-18)14-19-13-16(3)4/h5-8,15-16,19H,9-14H2,1-4H3. The van der Waals surface area contributed by atoms with Crippen LogP contribution in [0.2, 0.25) is 0 Å². The van der Waals surface area contributed by atoms with E-state index >= 15 is 0 Å². The molecule has 0 spiro atoms. The molecule has 1 aromatic rings. The molecule has 0 amide bonds. The van der Waals surface area contributed by atoms with Gasteiger partial charge in [0.25, 0.3) is 0 Å². The number of hydrogen-bond donors (Lipinski definition) is 1. The van der Waals surface area contributed by atoms with E-state index in [1.807, 2.05) is 12.1 Å². The molecule has 21 heavy (non-hydrogen) atoms. The van der Waals surface area contributed by atoms with Gasteiger partial charge >= 0.3 is 0 Å². The fraction of sp³-hybridized carbons (Fsp3) is 0.667. The predicted molar refractivity (Wildman–Crippen MR) is 88.8 cm³/mol. The van der Waals surface area contributed by atoms with Gasteiger partial charge in [0.1, 0.15) is 12.4 Å². The SMILES string of the molecule is CC(C)CCOCCOc1ccc(CNCC(C)C)cc1. The van der Waals surface area contributed by atoms with Crippen molar-refractivity contribution in [2.24, 2.45) is 11.8 Å². The molecule has 1 N–H and O–H groups in total. The molecule has 0 atom stereocenters. The van der Waals surface area contributed by atoms with Crippen molar-refractivity contribution < 1.29 is 9.47 Å². The summed E-state index contributed by atoms with van der Waals surface area (Å²) in [6, 6.07) is 8.28. The van der Waals surface area contributed by atoms with E-state index in [1.165, 1.54) is 5.56 Å². The molecule has 0 saturated carbocycles. The quantitative estimate of drug-likeness (QED) is 0.628. The lowest BCUT2D eigenvalue weighted by Gasteiger charge is -2.10. The molecule has 0 aliphatic rings. The molecule has 3 nitrogen and oxygen atoms in total. The summed E-state index contributed by atoms with van der Waals surface area (Å²) in [5.74, 6) is 2.29. The van der Waals surface area contributed by atoms with Crippen molar-refractivity contribution in [1.29, 1.82) is 0 Å². The predicted octanol–water partition coefficient (Wildman–Crippen LogP) is 3.87. The molecule has 0 bridgehead atoms. The molecule has 0 aliphatic carbocycles. The van der Waals surface area contributed by atoms with Gasteiger partial charge in [-0.05, 0) is 42.5 Å². The Balaban J connectivity index is 2.13. The van der Waals surface area contributed by atoms with E-state index in [4.69, 9.17) is 9.47 Å². The summed E-state index contributed by atoms with van der Waals surface area (Å²) in [6.45, 7) is 12.9. The summed E-state index contributed by atoms with van der Waals surface area (Å²) in [5.41, 5.74) is 1.29. The molecule has 0 radical (unpaired) electrons. The van der Waals surface area contributed by atoms with E-state index in [0.717, 1.165) is 31.9 Å². The maximum Gasteiger partial charge on any atom is 0.119 e. The highest BCUT2D eigenvalue weighted by atomic mass is 16.5. The average Bonchev–Trinajstić information content (AvgIpc) is 2.43. The zero-order valence-electron chi connectivity index (χ0n) is 14.0. The number of hydrogen-bond acceptors (Lipinski definition) is 3. The first kappa shape index (κ1) is 18.0. The molecule has 0 saturated heterocycles. The summed E-state index contributed by atoms with van der Waals surface area (Å²) in [7, 11) is 0. The van der Waals surface area contributed by atoms with Gasteiger partial charge in [0.2, 0.25) is 0 Å². The van der Waals surface area contributed by atoms with Crippen LogP contribution in [0.4, 0.5) is 0 Å². The third kappa shape index (κ3) is 9.48. The first-order valence-electron chi connectivity index (χ1n) is 8.08. The first-order chi connectivity index (χ1) is 10.1. The molecule has 0 heterocycles. The Bertz CT molecular complexity index is 360. The number of benzene rings is 1. The summed E-state index contributed by atoms with van der Waals surface area (Å²) < 4.78 is 11.2. The monoisotopic (exact) mass is 293 g/mol. The summed E-state index contributed by atoms with van der Waals surface area (Å²) in [4.78, 5) is 0. The fourth-order valence-electron chi connectivity index (χ4n) is 1.85. The highest BCUT2D eigenvalue weighted by Crippen LogP contribution is 2.12. The molecule has 120 valence electrons. The summed E-state index contributed by atoms with van der Waals surface area (Å²) >= 11 is 0. The van der Waals surface area contributed by atoms with E-state index in [-0.39, 0.29) is 0 Å². The molecule has 0 unspecified atom stereocenters. The Labute approximate surface area is 130 Å². The number of rotatable bonds is 11. The summed E-state index contributed by atoms with van der Waals surface area (Å²) in [6.07, 6.45) is 1.11. The minimum atomic E-state index is 0.614. The van der Waals surface area contributed by atoms with Crippen LogP contribution in [0.3, 0.4) is 0 Å². The fourth-order valence-corrected chi connectivity index (χ4v) is 1.85. The van der Waals surface area contributed by atoms with Crippen molar-refractivity contribution in [3.63, 3.8) is 0 Å². The van der Waals surface area contributed by atoms with Crippen LogP contribution in [0.5, 0.6) is 5.75 Å². The second-order valence-corrected chi connectivity index (χ2v) is 6.31. The topological polar surface area (TPSA) is 30.5 Å². The average molecular weight is 293 g/mol. The van der Waals surface area contributed by atoms with Crippen molar-refractivity contribution in [2.45, 2.75) is 40.7 Å². The van der Waals surface area contributed by atoms with Gasteiger partial charge in [-0.2, -0.15) is 0 Å². The van der Waals surface area contributed by atoms with Crippen LogP contribution in [0.1, 0.15) is 39.7 Å². The van der Waals surface area contributed by atoms with Crippen molar-refractivity contribution in [2.75, 3.05) is 26.4 Å². The Morgan fingerprint density at radius 1 is 0.905 bits per heavy atom. The maximum absolute atomic E-state index is 5.67. The molecular formula is C18H31NO2. The Hall–Kier alpha value is -1.06. The van der Waals surface area contributed by atoms with Crippen LogP contribution in [0.25, 0.3) is 0 Å². The molecule has 0 aliphatic heterocycles. The van der Waals surface area contributed by atoms with Crippen LogP contribution in [0, 0.1) is 11.8 Å². The normalized spacial score (nSPS) is 11.3. The van der Waals surface area contributed by atoms with Crippen LogP contribution in [-0.2, 0) is 11.3 Å². The Morgan fingerprint density at radius 2 is 1.62 bits per heavy atom. The second kappa shape index (κ2) is 10.6. The van der Waals surface area contributed by atoms with Crippen molar-refractivity contribution in [3.8, 4) is 5.75 Å². The number of ether oxygens (including phenoxy) is 2. The maximum atomic E-state index is 5.67. The molecule has 1 rings (SSSR count). The van der Waals surface area contributed by atoms with E-state index in [9.17, 15) is 0 Å². The highest BCUT2D eigenvalue weighted by molar-refractivity contribution is 5.27. The van der Waals surface area contributed by atoms with Crippen molar-refractivity contribution in [3.05, 3.63) is 29.8 Å².